The highest BCUT2D eigenvalue weighted by Gasteiger charge is 2.25. The number of hydrogen-bond acceptors (Lipinski definition) is 2. The van der Waals surface area contributed by atoms with Gasteiger partial charge >= 0.3 is 0 Å². The van der Waals surface area contributed by atoms with Gasteiger partial charge in [-0.2, -0.15) is 0 Å². The van der Waals surface area contributed by atoms with Crippen molar-refractivity contribution >= 4 is 11.5 Å². The van der Waals surface area contributed by atoms with Crippen LogP contribution in [0.15, 0.2) is 42.5 Å². The number of halogens is 2. The molecular weight excluding hydrogens is 260 g/mol. The smallest absolute Gasteiger partial charge is 0.166 e. The van der Waals surface area contributed by atoms with Gasteiger partial charge in [-0.25, -0.2) is 8.78 Å². The maximum absolute atomic E-state index is 13.4. The fraction of sp³-hybridized carbons (Fsp3) is 0.188. The lowest BCUT2D eigenvalue weighted by molar-refractivity contribution is 0.0979. The van der Waals surface area contributed by atoms with Gasteiger partial charge in [-0.15, -0.1) is 0 Å². The number of ketones is 1. The van der Waals surface area contributed by atoms with Gasteiger partial charge in [0.05, 0.1) is 5.69 Å². The van der Waals surface area contributed by atoms with Gasteiger partial charge < -0.3 is 4.90 Å². The highest BCUT2D eigenvalue weighted by Crippen LogP contribution is 2.30. The van der Waals surface area contributed by atoms with Crippen LogP contribution in [-0.4, -0.2) is 12.3 Å². The zero-order valence-corrected chi connectivity index (χ0v) is 10.8. The Morgan fingerprint density at radius 3 is 2.50 bits per heavy atom. The Kier molecular flexibility index (Phi) is 3.22. The number of benzene rings is 2. The highest BCUT2D eigenvalue weighted by molar-refractivity contribution is 6.03. The quantitative estimate of drug-likeness (QED) is 0.834. The molecule has 0 unspecified atom stereocenters. The van der Waals surface area contributed by atoms with Crippen LogP contribution in [0.25, 0.3) is 0 Å². The largest absolute Gasteiger partial charge is 0.366 e. The van der Waals surface area contributed by atoms with Crippen LogP contribution in [0.3, 0.4) is 0 Å². The van der Waals surface area contributed by atoms with Crippen LogP contribution in [-0.2, 0) is 6.54 Å². The van der Waals surface area contributed by atoms with E-state index in [0.717, 1.165) is 17.7 Å². The molecule has 1 aliphatic heterocycles. The molecule has 0 aliphatic carbocycles. The van der Waals surface area contributed by atoms with Crippen molar-refractivity contribution in [3.8, 4) is 0 Å². The molecular formula is C16H13F2NO. The maximum atomic E-state index is 13.4. The molecule has 1 aliphatic rings. The number of anilines is 1. The molecule has 0 amide bonds. The van der Waals surface area contributed by atoms with E-state index in [-0.39, 0.29) is 11.3 Å². The molecule has 0 aromatic heterocycles. The van der Waals surface area contributed by atoms with Gasteiger partial charge in [-0.05, 0) is 11.6 Å². The Hall–Kier alpha value is -2.23. The average molecular weight is 273 g/mol. The van der Waals surface area contributed by atoms with Gasteiger partial charge in [0.25, 0.3) is 0 Å². The lowest BCUT2D eigenvalue weighted by Gasteiger charge is -2.30. The zero-order chi connectivity index (χ0) is 14.1. The molecule has 0 N–H and O–H groups in total. The predicted octanol–water partition coefficient (Wildman–Crippen LogP) is 3.56. The van der Waals surface area contributed by atoms with E-state index in [4.69, 9.17) is 0 Å². The van der Waals surface area contributed by atoms with Crippen LogP contribution in [0.1, 0.15) is 22.3 Å². The fourth-order valence-electron chi connectivity index (χ4n) is 2.48. The van der Waals surface area contributed by atoms with Gasteiger partial charge in [-0.1, -0.05) is 30.3 Å². The summed E-state index contributed by atoms with van der Waals surface area (Å²) in [7, 11) is 0. The third-order valence-corrected chi connectivity index (χ3v) is 3.50. The number of fused-ring (bicyclic) bond motifs is 1. The monoisotopic (exact) mass is 273 g/mol. The molecule has 0 atom stereocenters. The fourth-order valence-corrected chi connectivity index (χ4v) is 2.48. The van der Waals surface area contributed by atoms with E-state index in [1.165, 1.54) is 0 Å². The van der Waals surface area contributed by atoms with Crippen molar-refractivity contribution in [3.63, 3.8) is 0 Å². The third-order valence-electron chi connectivity index (χ3n) is 3.50. The molecule has 0 saturated carbocycles. The summed E-state index contributed by atoms with van der Waals surface area (Å²) in [6.45, 7) is 1.10. The van der Waals surface area contributed by atoms with Crippen LogP contribution in [0.2, 0.25) is 0 Å². The molecule has 0 saturated heterocycles. The molecule has 2 nitrogen and oxygen atoms in total. The van der Waals surface area contributed by atoms with Crippen molar-refractivity contribution in [1.82, 2.24) is 0 Å². The standard InChI is InChI=1S/C16H13F2NO/c17-13-8-12-15(9-14(13)18)19(7-6-16(12)20)10-11-4-2-1-3-5-11/h1-5,8-9H,6-7,10H2. The normalized spacial score (nSPS) is 14.3. The minimum Gasteiger partial charge on any atom is -0.366 e. The molecule has 0 radical (unpaired) electrons. The Morgan fingerprint density at radius 2 is 1.75 bits per heavy atom. The number of nitrogens with zero attached hydrogens (tertiary/aromatic N) is 1. The molecule has 2 aromatic rings. The SMILES string of the molecule is O=C1CCN(Cc2ccccc2)c2cc(F)c(F)cc21. The Labute approximate surface area is 115 Å². The van der Waals surface area contributed by atoms with Crippen molar-refractivity contribution in [3.05, 3.63) is 65.2 Å². The van der Waals surface area contributed by atoms with E-state index in [0.29, 0.717) is 25.2 Å². The van der Waals surface area contributed by atoms with Crippen LogP contribution in [0, 0.1) is 11.6 Å². The first-order chi connectivity index (χ1) is 9.65. The van der Waals surface area contributed by atoms with Gasteiger partial charge in [0.15, 0.2) is 17.4 Å². The first-order valence-corrected chi connectivity index (χ1v) is 6.46. The topological polar surface area (TPSA) is 20.3 Å². The minimum atomic E-state index is -0.973. The van der Waals surface area contributed by atoms with Crippen LogP contribution < -0.4 is 4.90 Å². The molecule has 0 fully saturated rings. The Morgan fingerprint density at radius 1 is 1.05 bits per heavy atom. The first-order valence-electron chi connectivity index (χ1n) is 6.46. The summed E-state index contributed by atoms with van der Waals surface area (Å²) in [5, 5.41) is 0. The van der Waals surface area contributed by atoms with Crippen molar-refractivity contribution in [2.45, 2.75) is 13.0 Å². The van der Waals surface area contributed by atoms with Crippen LogP contribution in [0.5, 0.6) is 0 Å². The maximum Gasteiger partial charge on any atom is 0.166 e. The number of carbonyl (C=O) groups excluding carboxylic acids is 1. The molecule has 2 aromatic carbocycles. The number of rotatable bonds is 2. The summed E-state index contributed by atoms with van der Waals surface area (Å²) in [4.78, 5) is 13.7. The minimum absolute atomic E-state index is 0.136. The van der Waals surface area contributed by atoms with Gasteiger partial charge in [-0.3, -0.25) is 4.79 Å². The predicted molar refractivity (Wildman–Crippen MR) is 72.8 cm³/mol. The van der Waals surface area contributed by atoms with Gasteiger partial charge in [0, 0.05) is 31.1 Å². The van der Waals surface area contributed by atoms with E-state index >= 15 is 0 Å². The van der Waals surface area contributed by atoms with Gasteiger partial charge in [0.1, 0.15) is 0 Å². The van der Waals surface area contributed by atoms with Crippen molar-refractivity contribution in [1.29, 1.82) is 0 Å². The van der Waals surface area contributed by atoms with Gasteiger partial charge in [0.2, 0.25) is 0 Å². The Balaban J connectivity index is 1.98. The van der Waals surface area contributed by atoms with E-state index in [1.807, 2.05) is 35.2 Å². The number of carbonyl (C=O) groups is 1. The Bertz CT molecular complexity index is 655. The second kappa shape index (κ2) is 5.04. The second-order valence-electron chi connectivity index (χ2n) is 4.86. The van der Waals surface area contributed by atoms with Crippen molar-refractivity contribution < 1.29 is 13.6 Å². The summed E-state index contributed by atoms with van der Waals surface area (Å²) in [5.74, 6) is -2.03. The molecule has 102 valence electrons. The third kappa shape index (κ3) is 2.29. The summed E-state index contributed by atoms with van der Waals surface area (Å²) in [6, 6.07) is 11.8. The summed E-state index contributed by atoms with van der Waals surface area (Å²) >= 11 is 0. The lowest BCUT2D eigenvalue weighted by Crippen LogP contribution is -2.32. The summed E-state index contributed by atoms with van der Waals surface area (Å²) in [5.41, 5.74) is 1.81. The number of hydrogen-bond donors (Lipinski definition) is 0. The molecule has 0 bridgehead atoms. The summed E-state index contributed by atoms with van der Waals surface area (Å²) in [6.07, 6.45) is 0.324. The van der Waals surface area contributed by atoms with Crippen LogP contribution in [0.4, 0.5) is 14.5 Å². The highest BCUT2D eigenvalue weighted by atomic mass is 19.2. The lowest BCUT2D eigenvalue weighted by atomic mass is 9.99. The average Bonchev–Trinajstić information content (AvgIpc) is 2.45. The zero-order valence-electron chi connectivity index (χ0n) is 10.8. The second-order valence-corrected chi connectivity index (χ2v) is 4.86. The molecule has 4 heteroatoms. The van der Waals surface area contributed by atoms with E-state index in [9.17, 15) is 13.6 Å². The van der Waals surface area contributed by atoms with E-state index in [1.54, 1.807) is 0 Å². The van der Waals surface area contributed by atoms with Crippen molar-refractivity contribution in [2.75, 3.05) is 11.4 Å². The molecule has 0 spiro atoms. The summed E-state index contributed by atoms with van der Waals surface area (Å²) < 4.78 is 26.7. The van der Waals surface area contributed by atoms with Crippen molar-refractivity contribution in [2.24, 2.45) is 0 Å². The van der Waals surface area contributed by atoms with E-state index in [2.05, 4.69) is 0 Å². The molecule has 20 heavy (non-hydrogen) atoms. The first kappa shape index (κ1) is 12.8. The number of Topliss-reactive ketones (excluding diaryl/α,β-unsaturated/α-hetero) is 1. The molecule has 3 rings (SSSR count). The molecule has 1 heterocycles. The van der Waals surface area contributed by atoms with E-state index < -0.39 is 11.6 Å². The van der Waals surface area contributed by atoms with Crippen LogP contribution >= 0.6 is 0 Å².